The fourth-order valence-electron chi connectivity index (χ4n) is 4.17. The van der Waals surface area contributed by atoms with E-state index in [0.717, 1.165) is 27.9 Å². The number of carbonyl (C=O) groups excluding carboxylic acids is 1. The SMILES string of the molecule is O=C(O)C1=NN(C2CCS(=O)(=O)C2)C(=O)/C1=C\C=C\c1c(C(=O)O)nn(C2CCS(=O)(=O)C2)c1O. The van der Waals surface area contributed by atoms with Crippen LogP contribution in [0.4, 0.5) is 0 Å². The molecule has 3 aliphatic rings. The molecule has 0 spiro atoms. The number of hydrazone groups is 1. The van der Waals surface area contributed by atoms with Crippen LogP contribution in [0.15, 0.2) is 22.8 Å². The second-order valence-corrected chi connectivity index (χ2v) is 12.7. The van der Waals surface area contributed by atoms with E-state index in [1.165, 1.54) is 0 Å². The van der Waals surface area contributed by atoms with Crippen molar-refractivity contribution in [3.8, 4) is 5.88 Å². The summed E-state index contributed by atoms with van der Waals surface area (Å²) < 4.78 is 47.9. The lowest BCUT2D eigenvalue weighted by Crippen LogP contribution is -2.34. The summed E-state index contributed by atoms with van der Waals surface area (Å²) in [6.07, 6.45) is 3.53. The van der Waals surface area contributed by atoms with Crippen LogP contribution in [0.3, 0.4) is 0 Å². The maximum atomic E-state index is 12.8. The average molecular weight is 529 g/mol. The van der Waals surface area contributed by atoms with E-state index in [2.05, 4.69) is 10.2 Å². The Morgan fingerprint density at radius 2 is 1.57 bits per heavy atom. The number of carbonyl (C=O) groups is 3. The minimum Gasteiger partial charge on any atom is -0.493 e. The van der Waals surface area contributed by atoms with Crippen molar-refractivity contribution in [3.05, 3.63) is 29.0 Å². The zero-order chi connectivity index (χ0) is 25.7. The summed E-state index contributed by atoms with van der Waals surface area (Å²) in [7, 11) is -6.72. The quantitative estimate of drug-likeness (QED) is 0.383. The van der Waals surface area contributed by atoms with Gasteiger partial charge in [-0.15, -0.1) is 0 Å². The van der Waals surface area contributed by atoms with Gasteiger partial charge >= 0.3 is 11.9 Å². The maximum Gasteiger partial charge on any atom is 0.357 e. The predicted octanol–water partition coefficient (Wildman–Crippen LogP) is -0.944. The van der Waals surface area contributed by atoms with Crippen molar-refractivity contribution in [2.24, 2.45) is 5.10 Å². The molecule has 2 saturated heterocycles. The normalized spacial score (nSPS) is 26.6. The summed E-state index contributed by atoms with van der Waals surface area (Å²) in [6, 6.07) is -1.56. The van der Waals surface area contributed by atoms with Gasteiger partial charge in [0.15, 0.2) is 31.1 Å². The van der Waals surface area contributed by atoms with Gasteiger partial charge < -0.3 is 15.3 Å². The smallest absolute Gasteiger partial charge is 0.357 e. The molecule has 2 atom stereocenters. The van der Waals surface area contributed by atoms with Crippen LogP contribution in [0.5, 0.6) is 5.88 Å². The first-order valence-electron chi connectivity index (χ1n) is 10.3. The monoisotopic (exact) mass is 528 g/mol. The highest BCUT2D eigenvalue weighted by atomic mass is 32.2. The summed E-state index contributed by atoms with van der Waals surface area (Å²) in [5.41, 5.74) is -1.80. The topological polar surface area (TPSA) is 214 Å². The van der Waals surface area contributed by atoms with Gasteiger partial charge in [0.2, 0.25) is 5.88 Å². The van der Waals surface area contributed by atoms with Gasteiger partial charge in [-0.1, -0.05) is 6.08 Å². The van der Waals surface area contributed by atoms with Crippen LogP contribution in [-0.2, 0) is 29.3 Å². The molecular weight excluding hydrogens is 508 g/mol. The number of aromatic carboxylic acids is 1. The van der Waals surface area contributed by atoms with E-state index in [-0.39, 0.29) is 47.0 Å². The van der Waals surface area contributed by atoms with Crippen molar-refractivity contribution < 1.29 is 46.5 Å². The maximum absolute atomic E-state index is 12.8. The second-order valence-electron chi connectivity index (χ2n) is 8.29. The fourth-order valence-corrected chi connectivity index (χ4v) is 7.55. The van der Waals surface area contributed by atoms with Gasteiger partial charge in [-0.05, 0) is 25.0 Å². The molecule has 188 valence electrons. The first kappa shape index (κ1) is 24.6. The lowest BCUT2D eigenvalue weighted by Gasteiger charge is -2.17. The molecule has 1 aromatic heterocycles. The number of nitrogens with zero attached hydrogens (tertiary/aromatic N) is 4. The largest absolute Gasteiger partial charge is 0.493 e. The number of aromatic nitrogens is 2. The van der Waals surface area contributed by atoms with Crippen LogP contribution in [-0.4, -0.2) is 99.6 Å². The third-order valence-electron chi connectivity index (χ3n) is 5.86. The van der Waals surface area contributed by atoms with E-state index in [9.17, 15) is 46.5 Å². The number of amides is 1. The Labute approximate surface area is 198 Å². The van der Waals surface area contributed by atoms with Gasteiger partial charge in [-0.3, -0.25) is 4.79 Å². The highest BCUT2D eigenvalue weighted by Crippen LogP contribution is 2.32. The van der Waals surface area contributed by atoms with Crippen LogP contribution in [0.2, 0.25) is 0 Å². The van der Waals surface area contributed by atoms with E-state index in [0.29, 0.717) is 0 Å². The highest BCUT2D eigenvalue weighted by molar-refractivity contribution is 7.91. The van der Waals surface area contributed by atoms with Gasteiger partial charge in [-0.25, -0.2) is 36.1 Å². The molecule has 3 N–H and O–H groups in total. The average Bonchev–Trinajstić information content (AvgIpc) is 3.47. The van der Waals surface area contributed by atoms with Crippen molar-refractivity contribution in [3.63, 3.8) is 0 Å². The Bertz CT molecular complexity index is 1440. The van der Waals surface area contributed by atoms with Crippen molar-refractivity contribution in [1.82, 2.24) is 14.8 Å². The third-order valence-corrected chi connectivity index (χ3v) is 9.36. The summed E-state index contributed by atoms with van der Waals surface area (Å²) in [4.78, 5) is 36.0. The molecule has 0 radical (unpaired) electrons. The van der Waals surface area contributed by atoms with E-state index < -0.39 is 66.9 Å². The zero-order valence-electron chi connectivity index (χ0n) is 17.9. The van der Waals surface area contributed by atoms with Gasteiger partial charge in [0.1, 0.15) is 0 Å². The van der Waals surface area contributed by atoms with E-state index >= 15 is 0 Å². The van der Waals surface area contributed by atoms with Gasteiger partial charge in [0, 0.05) is 0 Å². The number of allylic oxidation sites excluding steroid dienone is 2. The van der Waals surface area contributed by atoms with Gasteiger partial charge in [0.05, 0.1) is 46.2 Å². The molecule has 0 aliphatic carbocycles. The molecule has 2 unspecified atom stereocenters. The lowest BCUT2D eigenvalue weighted by molar-refractivity contribution is -0.129. The molecule has 0 aromatic carbocycles. The number of carboxylic acid groups (broad SMARTS) is 2. The highest BCUT2D eigenvalue weighted by Gasteiger charge is 2.42. The Kier molecular flexibility index (Phi) is 6.04. The number of carboxylic acids is 2. The van der Waals surface area contributed by atoms with Crippen LogP contribution < -0.4 is 0 Å². The molecule has 4 heterocycles. The first-order chi connectivity index (χ1) is 16.3. The van der Waals surface area contributed by atoms with Crippen molar-refractivity contribution in [2.75, 3.05) is 23.0 Å². The third kappa shape index (κ3) is 4.70. The van der Waals surface area contributed by atoms with Crippen LogP contribution in [0.25, 0.3) is 6.08 Å². The number of rotatable bonds is 6. The number of hydrogen-bond donors (Lipinski definition) is 3. The van der Waals surface area contributed by atoms with Crippen molar-refractivity contribution in [1.29, 1.82) is 0 Å². The van der Waals surface area contributed by atoms with Crippen LogP contribution in [0.1, 0.15) is 34.9 Å². The number of sulfone groups is 2. The van der Waals surface area contributed by atoms with Crippen molar-refractivity contribution in [2.45, 2.75) is 24.9 Å². The van der Waals surface area contributed by atoms with Crippen LogP contribution >= 0.6 is 0 Å². The molecule has 1 aromatic rings. The Morgan fingerprint density at radius 3 is 2.09 bits per heavy atom. The molecule has 0 saturated carbocycles. The minimum absolute atomic E-state index is 0.111. The Balaban J connectivity index is 1.64. The molecule has 2 fully saturated rings. The van der Waals surface area contributed by atoms with Crippen molar-refractivity contribution >= 4 is 49.3 Å². The molecule has 14 nitrogen and oxygen atoms in total. The lowest BCUT2D eigenvalue weighted by atomic mass is 10.1. The molecule has 0 bridgehead atoms. The van der Waals surface area contributed by atoms with E-state index in [4.69, 9.17) is 0 Å². The summed E-state index contributed by atoms with van der Waals surface area (Å²) in [6.45, 7) is 0. The Morgan fingerprint density at radius 1 is 0.971 bits per heavy atom. The Hall–Kier alpha value is -3.53. The second kappa shape index (κ2) is 8.60. The van der Waals surface area contributed by atoms with Gasteiger partial charge in [0.25, 0.3) is 5.91 Å². The summed E-state index contributed by atoms with van der Waals surface area (Å²) >= 11 is 0. The molecule has 16 heteroatoms. The van der Waals surface area contributed by atoms with E-state index in [1.54, 1.807) is 0 Å². The first-order valence-corrected chi connectivity index (χ1v) is 13.9. The molecule has 4 rings (SSSR count). The van der Waals surface area contributed by atoms with Crippen LogP contribution in [0, 0.1) is 0 Å². The standard InChI is InChI=1S/C19H20N4O10S2/c24-16-12(14(18(26)27)20-22(16)10-4-6-34(30,31)8-10)2-1-3-13-15(19(28)29)21-23(17(13)25)11-5-7-35(32,33)9-11/h1-3,10-11,24H,4-9H2,(H,26,27)(H,28,29)/b2-1+,13-3-. The summed E-state index contributed by atoms with van der Waals surface area (Å²) in [5.74, 6) is -5.38. The molecule has 3 aliphatic heterocycles. The zero-order valence-corrected chi connectivity index (χ0v) is 19.6. The summed E-state index contributed by atoms with van der Waals surface area (Å²) in [5, 5.41) is 37.8. The van der Waals surface area contributed by atoms with E-state index in [1.807, 2.05) is 0 Å². The number of aromatic hydroxyl groups is 1. The molecule has 35 heavy (non-hydrogen) atoms. The van der Waals surface area contributed by atoms with Gasteiger partial charge in [-0.2, -0.15) is 10.2 Å². The fraction of sp³-hybridized carbons (Fsp3) is 0.421. The predicted molar refractivity (Wildman–Crippen MR) is 119 cm³/mol. The molecule has 1 amide bonds. The number of hydrogen-bond acceptors (Lipinski definition) is 10. The minimum atomic E-state index is -3.37. The molecular formula is C19H20N4O10S2. The number of aliphatic carboxylic acids is 1.